The quantitative estimate of drug-likeness (QED) is 0.500. The third-order valence-electron chi connectivity index (χ3n) is 6.19. The Hall–Kier alpha value is -3.06. The third kappa shape index (κ3) is 6.29. The third-order valence-corrected chi connectivity index (χ3v) is 6.19. The van der Waals surface area contributed by atoms with E-state index < -0.39 is 11.6 Å². The van der Waals surface area contributed by atoms with Gasteiger partial charge in [0.15, 0.2) is 5.69 Å². The van der Waals surface area contributed by atoms with Gasteiger partial charge in [-0.2, -0.15) is 5.10 Å². The second-order valence-corrected chi connectivity index (χ2v) is 9.56. The van der Waals surface area contributed by atoms with E-state index in [1.165, 1.54) is 12.1 Å². The van der Waals surface area contributed by atoms with Gasteiger partial charge in [-0.3, -0.25) is 4.79 Å². The number of halogens is 2. The number of hydrogen-bond acceptors (Lipinski definition) is 3. The van der Waals surface area contributed by atoms with Crippen LogP contribution in [-0.2, 0) is 12.8 Å². The van der Waals surface area contributed by atoms with E-state index in [2.05, 4.69) is 29.2 Å². The summed E-state index contributed by atoms with van der Waals surface area (Å²) < 4.78 is 28.6. The second-order valence-electron chi connectivity index (χ2n) is 9.56. The van der Waals surface area contributed by atoms with Crippen LogP contribution in [-0.4, -0.2) is 46.8 Å². The van der Waals surface area contributed by atoms with Crippen LogP contribution in [0.5, 0.6) is 0 Å². The van der Waals surface area contributed by atoms with Gasteiger partial charge in [-0.25, -0.2) is 13.5 Å². The number of aromatic nitrogens is 2. The highest BCUT2D eigenvalue weighted by Crippen LogP contribution is 2.19. The maximum atomic E-state index is 13.4. The first-order valence-electron chi connectivity index (χ1n) is 12.0. The zero-order valence-corrected chi connectivity index (χ0v) is 19.8. The van der Waals surface area contributed by atoms with Crippen molar-refractivity contribution in [1.29, 1.82) is 0 Å². The van der Waals surface area contributed by atoms with Crippen LogP contribution in [0.1, 0.15) is 42.0 Å². The SMILES string of the molecule is CC(C)Cc1cc(C(=O)NC[C@H]2CCN(CCc3cc(F)cc(F)c3)C2)nn1-c1ccccc1. The van der Waals surface area contributed by atoms with Crippen LogP contribution in [0.15, 0.2) is 54.6 Å². The molecule has 1 fully saturated rings. The van der Waals surface area contributed by atoms with E-state index in [1.807, 2.05) is 41.1 Å². The summed E-state index contributed by atoms with van der Waals surface area (Å²) in [7, 11) is 0. The number of likely N-dealkylation sites (tertiary alicyclic amines) is 1. The molecule has 1 aromatic heterocycles. The van der Waals surface area contributed by atoms with Crippen molar-refractivity contribution in [2.24, 2.45) is 11.8 Å². The van der Waals surface area contributed by atoms with Gasteiger partial charge >= 0.3 is 0 Å². The topological polar surface area (TPSA) is 50.2 Å². The molecule has 7 heteroatoms. The van der Waals surface area contributed by atoms with E-state index in [4.69, 9.17) is 0 Å². The minimum atomic E-state index is -0.539. The number of hydrogen-bond donors (Lipinski definition) is 1. The molecule has 1 aliphatic rings. The van der Waals surface area contributed by atoms with Crippen molar-refractivity contribution in [2.45, 2.75) is 33.1 Å². The Morgan fingerprint density at radius 3 is 2.56 bits per heavy atom. The molecular weight excluding hydrogens is 434 g/mol. The number of amides is 1. The molecule has 2 heterocycles. The van der Waals surface area contributed by atoms with Gasteiger partial charge in [0, 0.05) is 31.4 Å². The zero-order chi connectivity index (χ0) is 24.1. The summed E-state index contributed by atoms with van der Waals surface area (Å²) in [4.78, 5) is 15.2. The van der Waals surface area contributed by atoms with Gasteiger partial charge in [-0.15, -0.1) is 0 Å². The van der Waals surface area contributed by atoms with Crippen LogP contribution in [0.4, 0.5) is 8.78 Å². The van der Waals surface area contributed by atoms with Crippen LogP contribution in [0, 0.1) is 23.5 Å². The van der Waals surface area contributed by atoms with Crippen LogP contribution < -0.4 is 5.32 Å². The summed E-state index contributed by atoms with van der Waals surface area (Å²) in [5, 5.41) is 7.66. The van der Waals surface area contributed by atoms with E-state index in [-0.39, 0.29) is 5.91 Å². The molecule has 3 aromatic rings. The number of benzene rings is 2. The maximum Gasteiger partial charge on any atom is 0.271 e. The fourth-order valence-electron chi connectivity index (χ4n) is 4.54. The van der Waals surface area contributed by atoms with Crippen molar-refractivity contribution >= 4 is 5.91 Å². The first kappa shape index (κ1) is 24.1. The van der Waals surface area contributed by atoms with Crippen LogP contribution in [0.2, 0.25) is 0 Å². The highest BCUT2D eigenvalue weighted by molar-refractivity contribution is 5.92. The molecule has 1 saturated heterocycles. The molecule has 4 rings (SSSR count). The van der Waals surface area contributed by atoms with Gasteiger partial charge in [0.05, 0.1) is 5.69 Å². The van der Waals surface area contributed by atoms with Gasteiger partial charge in [0.1, 0.15) is 11.6 Å². The molecule has 1 atom stereocenters. The maximum absolute atomic E-state index is 13.4. The lowest BCUT2D eigenvalue weighted by atomic mass is 10.1. The highest BCUT2D eigenvalue weighted by Gasteiger charge is 2.24. The van der Waals surface area contributed by atoms with Crippen molar-refractivity contribution in [2.75, 3.05) is 26.2 Å². The van der Waals surface area contributed by atoms with Crippen LogP contribution in [0.3, 0.4) is 0 Å². The second kappa shape index (κ2) is 10.9. The number of nitrogens with one attached hydrogen (secondary N) is 1. The summed E-state index contributed by atoms with van der Waals surface area (Å²) in [6, 6.07) is 15.4. The summed E-state index contributed by atoms with van der Waals surface area (Å²) in [5.41, 5.74) is 3.07. The van der Waals surface area contributed by atoms with Gasteiger partial charge < -0.3 is 10.2 Å². The van der Waals surface area contributed by atoms with Crippen molar-refractivity contribution in [3.8, 4) is 5.69 Å². The smallest absolute Gasteiger partial charge is 0.271 e. The van der Waals surface area contributed by atoms with E-state index >= 15 is 0 Å². The van der Waals surface area contributed by atoms with Crippen molar-refractivity contribution < 1.29 is 13.6 Å². The molecule has 0 aliphatic carbocycles. The molecule has 0 radical (unpaired) electrons. The minimum absolute atomic E-state index is 0.159. The molecule has 0 bridgehead atoms. The van der Waals surface area contributed by atoms with Gasteiger partial charge in [-0.05, 0) is 73.5 Å². The lowest BCUT2D eigenvalue weighted by molar-refractivity contribution is 0.0942. The lowest BCUT2D eigenvalue weighted by Gasteiger charge is -2.16. The Bertz CT molecular complexity index is 1090. The molecule has 0 unspecified atom stereocenters. The number of para-hydroxylation sites is 1. The van der Waals surface area contributed by atoms with Crippen LogP contribution in [0.25, 0.3) is 5.69 Å². The van der Waals surface area contributed by atoms with Crippen molar-refractivity contribution in [3.05, 3.63) is 83.2 Å². The minimum Gasteiger partial charge on any atom is -0.350 e. The number of carbonyl (C=O) groups is 1. The molecular formula is C27H32F2N4O. The monoisotopic (exact) mass is 466 g/mol. The van der Waals surface area contributed by atoms with E-state index in [0.29, 0.717) is 36.1 Å². The molecule has 0 saturated carbocycles. The molecule has 1 aliphatic heterocycles. The average Bonchev–Trinajstić information content (AvgIpc) is 3.43. The number of carbonyl (C=O) groups excluding carboxylic acids is 1. The summed E-state index contributed by atoms with van der Waals surface area (Å²) in [6.45, 7) is 7.40. The fourth-order valence-corrected chi connectivity index (χ4v) is 4.54. The Morgan fingerprint density at radius 2 is 1.85 bits per heavy atom. The number of rotatable bonds is 9. The van der Waals surface area contributed by atoms with Crippen LogP contribution >= 0.6 is 0 Å². The van der Waals surface area contributed by atoms with E-state index in [9.17, 15) is 13.6 Å². The summed E-state index contributed by atoms with van der Waals surface area (Å²) in [6.07, 6.45) is 2.42. The molecule has 34 heavy (non-hydrogen) atoms. The Labute approximate surface area is 199 Å². The van der Waals surface area contributed by atoms with Gasteiger partial charge in [0.25, 0.3) is 5.91 Å². The standard InChI is InChI=1S/C27H32F2N4O/c1-19(2)12-25-16-26(31-33(25)24-6-4-3-5-7-24)27(34)30-17-21-9-11-32(18-21)10-8-20-13-22(28)15-23(29)14-20/h3-7,13-16,19,21H,8-12,17-18H2,1-2H3,(H,30,34)/t21-/m1/s1. The molecule has 1 amide bonds. The Balaban J connectivity index is 1.31. The lowest BCUT2D eigenvalue weighted by Crippen LogP contribution is -2.31. The van der Waals surface area contributed by atoms with E-state index in [0.717, 1.165) is 49.9 Å². The Morgan fingerprint density at radius 1 is 1.12 bits per heavy atom. The normalized spacial score (nSPS) is 16.3. The Kier molecular flexibility index (Phi) is 7.73. The predicted octanol–water partition coefficient (Wildman–Crippen LogP) is 4.64. The number of nitrogens with zero attached hydrogens (tertiary/aromatic N) is 3. The molecule has 5 nitrogen and oxygen atoms in total. The summed E-state index contributed by atoms with van der Waals surface area (Å²) >= 11 is 0. The molecule has 0 spiro atoms. The zero-order valence-electron chi connectivity index (χ0n) is 19.8. The first-order valence-corrected chi connectivity index (χ1v) is 12.0. The molecule has 180 valence electrons. The highest BCUT2D eigenvalue weighted by atomic mass is 19.1. The molecule has 2 aromatic carbocycles. The fraction of sp³-hybridized carbons (Fsp3) is 0.407. The summed E-state index contributed by atoms with van der Waals surface area (Å²) in [5.74, 6) is -0.442. The predicted molar refractivity (Wildman–Crippen MR) is 129 cm³/mol. The van der Waals surface area contributed by atoms with Crippen molar-refractivity contribution in [1.82, 2.24) is 20.0 Å². The molecule has 1 N–H and O–H groups in total. The van der Waals surface area contributed by atoms with Gasteiger partial charge in [-0.1, -0.05) is 32.0 Å². The van der Waals surface area contributed by atoms with Crippen molar-refractivity contribution in [3.63, 3.8) is 0 Å². The van der Waals surface area contributed by atoms with Gasteiger partial charge in [0.2, 0.25) is 0 Å². The average molecular weight is 467 g/mol. The largest absolute Gasteiger partial charge is 0.350 e. The van der Waals surface area contributed by atoms with E-state index in [1.54, 1.807) is 0 Å². The first-order chi connectivity index (χ1) is 16.4.